The number of ether oxygens (including phenoxy) is 2. The molecule has 29 heavy (non-hydrogen) atoms. The van der Waals surface area contributed by atoms with E-state index < -0.39 is 5.41 Å². The fourth-order valence-electron chi connectivity index (χ4n) is 4.66. The lowest BCUT2D eigenvalue weighted by molar-refractivity contribution is 0.397. The summed E-state index contributed by atoms with van der Waals surface area (Å²) >= 11 is 0. The molecule has 3 nitrogen and oxygen atoms in total. The van der Waals surface area contributed by atoms with Crippen molar-refractivity contribution >= 4 is 5.69 Å². The Morgan fingerprint density at radius 3 is 1.79 bits per heavy atom. The lowest BCUT2D eigenvalue weighted by Gasteiger charge is -2.44. The molecular weight excluding hydrogens is 365 g/mol. The molecule has 0 bridgehead atoms. The van der Waals surface area contributed by atoms with Crippen molar-refractivity contribution in [1.82, 2.24) is 0 Å². The molecule has 4 aromatic rings. The Labute approximate surface area is 167 Å². The fourth-order valence-corrected chi connectivity index (χ4v) is 4.66. The Morgan fingerprint density at radius 1 is 0.586 bits per heavy atom. The van der Waals surface area contributed by atoms with Gasteiger partial charge in [0.25, 0.3) is 0 Å². The molecule has 0 fully saturated rings. The van der Waals surface area contributed by atoms with Gasteiger partial charge in [-0.1, -0.05) is 48.5 Å². The molecule has 0 amide bonds. The van der Waals surface area contributed by atoms with Crippen LogP contribution in [0.5, 0.6) is 23.0 Å². The number of anilines is 1. The van der Waals surface area contributed by atoms with E-state index in [1.165, 1.54) is 12.1 Å². The molecule has 0 aliphatic carbocycles. The van der Waals surface area contributed by atoms with Crippen molar-refractivity contribution in [2.45, 2.75) is 5.41 Å². The van der Waals surface area contributed by atoms with E-state index in [4.69, 9.17) is 15.2 Å². The predicted molar refractivity (Wildman–Crippen MR) is 109 cm³/mol. The van der Waals surface area contributed by atoms with E-state index >= 15 is 0 Å². The number of fused-ring (bicyclic) bond motifs is 8. The summed E-state index contributed by atoms with van der Waals surface area (Å²) in [4.78, 5) is 0. The fraction of sp³-hybridized carbons (Fsp3) is 0.0400. The number of nitrogens with two attached hydrogens (primary N) is 1. The molecule has 6 rings (SSSR count). The quantitative estimate of drug-likeness (QED) is 0.328. The van der Waals surface area contributed by atoms with Crippen molar-refractivity contribution in [1.29, 1.82) is 0 Å². The molecule has 0 saturated heterocycles. The standard InChI is InChI=1S/C25H16FNO2/c26-15-9-11-19-23(13-15)29-24-14-16(27)10-12-20(24)25(19)17-5-1-3-7-21(17)28-22-8-4-2-6-18(22)25/h1-14H,27H2. The molecular formula is C25H16FNO2. The lowest BCUT2D eigenvalue weighted by Crippen LogP contribution is -2.36. The maximum absolute atomic E-state index is 14.2. The smallest absolute Gasteiger partial charge is 0.135 e. The zero-order valence-corrected chi connectivity index (χ0v) is 15.4. The number of benzene rings is 4. The van der Waals surface area contributed by atoms with Crippen LogP contribution in [0.4, 0.5) is 10.1 Å². The van der Waals surface area contributed by atoms with Gasteiger partial charge < -0.3 is 15.2 Å². The van der Waals surface area contributed by atoms with Gasteiger partial charge in [0.05, 0.1) is 5.41 Å². The Kier molecular flexibility index (Phi) is 3.13. The first-order chi connectivity index (χ1) is 14.2. The molecule has 0 saturated carbocycles. The molecule has 2 N–H and O–H groups in total. The van der Waals surface area contributed by atoms with E-state index in [2.05, 4.69) is 12.1 Å². The summed E-state index contributed by atoms with van der Waals surface area (Å²) in [6.07, 6.45) is 0. The third-order valence-electron chi connectivity index (χ3n) is 5.78. The number of nitrogen functional groups attached to an aromatic ring is 1. The van der Waals surface area contributed by atoms with Gasteiger partial charge in [-0.05, 0) is 24.3 Å². The van der Waals surface area contributed by atoms with Crippen molar-refractivity contribution in [3.8, 4) is 23.0 Å². The van der Waals surface area contributed by atoms with Crippen LogP contribution in [0.2, 0.25) is 0 Å². The van der Waals surface area contributed by atoms with Gasteiger partial charge in [0.15, 0.2) is 0 Å². The van der Waals surface area contributed by atoms with Crippen LogP contribution in [-0.4, -0.2) is 0 Å². The highest BCUT2D eigenvalue weighted by molar-refractivity contribution is 5.75. The summed E-state index contributed by atoms with van der Waals surface area (Å²) in [6, 6.07) is 26.3. The number of hydrogen-bond acceptors (Lipinski definition) is 3. The number of para-hydroxylation sites is 2. The second-order valence-electron chi connectivity index (χ2n) is 7.34. The summed E-state index contributed by atoms with van der Waals surface area (Å²) in [7, 11) is 0. The van der Waals surface area contributed by atoms with Gasteiger partial charge in [-0.2, -0.15) is 0 Å². The first kappa shape index (κ1) is 16.2. The third-order valence-corrected chi connectivity index (χ3v) is 5.78. The van der Waals surface area contributed by atoms with E-state index in [0.717, 1.165) is 33.8 Å². The maximum Gasteiger partial charge on any atom is 0.135 e. The molecule has 4 aromatic carbocycles. The second kappa shape index (κ2) is 5.61. The summed E-state index contributed by atoms with van der Waals surface area (Å²) in [5.74, 6) is 2.29. The van der Waals surface area contributed by atoms with Crippen molar-refractivity contribution in [3.05, 3.63) is 113 Å². The van der Waals surface area contributed by atoms with Crippen LogP contribution >= 0.6 is 0 Å². The van der Waals surface area contributed by atoms with Crippen LogP contribution < -0.4 is 15.2 Å². The molecule has 0 unspecified atom stereocenters. The minimum Gasteiger partial charge on any atom is -0.457 e. The average molecular weight is 381 g/mol. The van der Waals surface area contributed by atoms with Crippen molar-refractivity contribution in [3.63, 3.8) is 0 Å². The number of halogens is 1. The van der Waals surface area contributed by atoms with Gasteiger partial charge in [-0.25, -0.2) is 4.39 Å². The van der Waals surface area contributed by atoms with Gasteiger partial charge in [-0.3, -0.25) is 0 Å². The van der Waals surface area contributed by atoms with Gasteiger partial charge in [-0.15, -0.1) is 0 Å². The molecule has 140 valence electrons. The largest absolute Gasteiger partial charge is 0.457 e. The third kappa shape index (κ3) is 2.06. The highest BCUT2D eigenvalue weighted by atomic mass is 19.1. The van der Waals surface area contributed by atoms with Crippen molar-refractivity contribution in [2.24, 2.45) is 0 Å². The summed E-state index contributed by atoms with van der Waals surface area (Å²) in [5, 5.41) is 0. The highest BCUT2D eigenvalue weighted by Crippen LogP contribution is 2.61. The van der Waals surface area contributed by atoms with Crippen LogP contribution in [0.15, 0.2) is 84.9 Å². The zero-order valence-electron chi connectivity index (χ0n) is 15.4. The summed E-state index contributed by atoms with van der Waals surface area (Å²) < 4.78 is 26.5. The molecule has 2 aliphatic rings. The normalized spacial score (nSPS) is 14.7. The SMILES string of the molecule is Nc1ccc2c(c1)Oc1cc(F)ccc1C21c2ccccc2Oc2ccccc21. The molecule has 1 spiro atoms. The highest BCUT2D eigenvalue weighted by Gasteiger charge is 2.50. The van der Waals surface area contributed by atoms with E-state index in [-0.39, 0.29) is 5.82 Å². The zero-order chi connectivity index (χ0) is 19.6. The van der Waals surface area contributed by atoms with Gasteiger partial charge >= 0.3 is 0 Å². The Morgan fingerprint density at radius 2 is 1.10 bits per heavy atom. The maximum atomic E-state index is 14.2. The van der Waals surface area contributed by atoms with Gasteiger partial charge in [0.2, 0.25) is 0 Å². The Bertz CT molecular complexity index is 1200. The van der Waals surface area contributed by atoms with E-state index in [1.807, 2.05) is 54.6 Å². The van der Waals surface area contributed by atoms with E-state index in [1.54, 1.807) is 6.07 Å². The van der Waals surface area contributed by atoms with E-state index in [0.29, 0.717) is 17.2 Å². The monoisotopic (exact) mass is 381 g/mol. The molecule has 4 heteroatoms. The lowest BCUT2D eigenvalue weighted by atomic mass is 9.62. The average Bonchev–Trinajstić information content (AvgIpc) is 2.73. The minimum atomic E-state index is -0.699. The molecule has 2 heterocycles. The van der Waals surface area contributed by atoms with Crippen molar-refractivity contribution < 1.29 is 13.9 Å². The minimum absolute atomic E-state index is 0.347. The second-order valence-corrected chi connectivity index (χ2v) is 7.34. The van der Waals surface area contributed by atoms with Crippen LogP contribution in [0.1, 0.15) is 22.3 Å². The molecule has 0 radical (unpaired) electrons. The van der Waals surface area contributed by atoms with Crippen LogP contribution in [-0.2, 0) is 5.41 Å². The molecule has 0 atom stereocenters. The van der Waals surface area contributed by atoms with Crippen LogP contribution in [0.25, 0.3) is 0 Å². The first-order valence-electron chi connectivity index (χ1n) is 9.42. The predicted octanol–water partition coefficient (Wildman–Crippen LogP) is 6.00. The van der Waals surface area contributed by atoms with Crippen LogP contribution in [0.3, 0.4) is 0 Å². The topological polar surface area (TPSA) is 44.5 Å². The summed E-state index contributed by atoms with van der Waals surface area (Å²) in [6.45, 7) is 0. The number of rotatable bonds is 0. The first-order valence-corrected chi connectivity index (χ1v) is 9.42. The van der Waals surface area contributed by atoms with Crippen LogP contribution in [0, 0.1) is 5.82 Å². The molecule has 0 aromatic heterocycles. The van der Waals surface area contributed by atoms with Crippen molar-refractivity contribution in [2.75, 3.05) is 5.73 Å². The van der Waals surface area contributed by atoms with Gasteiger partial charge in [0.1, 0.15) is 28.8 Å². The Hall–Kier alpha value is -3.79. The summed E-state index contributed by atoms with van der Waals surface area (Å²) in [5.41, 5.74) is 9.75. The Balaban J connectivity index is 1.84. The van der Waals surface area contributed by atoms with Gasteiger partial charge in [0, 0.05) is 40.1 Å². The van der Waals surface area contributed by atoms with E-state index in [9.17, 15) is 4.39 Å². The number of hydrogen-bond donors (Lipinski definition) is 1. The molecule has 2 aliphatic heterocycles.